The summed E-state index contributed by atoms with van der Waals surface area (Å²) in [6.07, 6.45) is -0.210. The molecule has 2 aromatic carbocycles. The van der Waals surface area contributed by atoms with Gasteiger partial charge in [-0.2, -0.15) is 0 Å². The minimum atomic E-state index is -3.73. The van der Waals surface area contributed by atoms with Gasteiger partial charge >= 0.3 is 0 Å². The van der Waals surface area contributed by atoms with Gasteiger partial charge in [0.05, 0.1) is 18.6 Å². The zero-order valence-corrected chi connectivity index (χ0v) is 15.8. The van der Waals surface area contributed by atoms with Crippen molar-refractivity contribution < 1.29 is 22.7 Å². The molecule has 0 aliphatic rings. The zero-order chi connectivity index (χ0) is 19.9. The first-order valence-corrected chi connectivity index (χ1v) is 9.75. The van der Waals surface area contributed by atoms with Crippen molar-refractivity contribution in [2.75, 3.05) is 28.2 Å². The molecule has 9 heteroatoms. The number of benzene rings is 2. The molecule has 2 amide bonds. The number of hydrogen-bond donors (Lipinski definition) is 3. The van der Waals surface area contributed by atoms with Gasteiger partial charge in [-0.25, -0.2) is 8.42 Å². The molecular formula is C18H21N3O5S. The van der Waals surface area contributed by atoms with Crippen LogP contribution < -0.4 is 20.1 Å². The van der Waals surface area contributed by atoms with Gasteiger partial charge in [0.25, 0.3) is 0 Å². The highest BCUT2D eigenvalue weighted by Gasteiger charge is 2.14. The molecule has 144 valence electrons. The van der Waals surface area contributed by atoms with Crippen molar-refractivity contribution in [3.8, 4) is 5.75 Å². The Bertz CT molecular complexity index is 928. The van der Waals surface area contributed by atoms with Crippen LogP contribution in [0.3, 0.4) is 0 Å². The maximum Gasteiger partial charge on any atom is 0.233 e. The van der Waals surface area contributed by atoms with Crippen LogP contribution in [0.5, 0.6) is 5.75 Å². The van der Waals surface area contributed by atoms with Crippen molar-refractivity contribution in [2.24, 2.45) is 0 Å². The van der Waals surface area contributed by atoms with Crippen molar-refractivity contribution >= 4 is 38.9 Å². The molecular weight excluding hydrogens is 370 g/mol. The Labute approximate surface area is 158 Å². The average Bonchev–Trinajstić information content (AvgIpc) is 2.59. The number of carbonyl (C=O) groups is 2. The molecule has 27 heavy (non-hydrogen) atoms. The molecule has 3 N–H and O–H groups in total. The number of methoxy groups -OCH3 is 1. The minimum absolute atomic E-state index is 0.210. The predicted octanol–water partition coefficient (Wildman–Crippen LogP) is 2.42. The van der Waals surface area contributed by atoms with Crippen LogP contribution >= 0.6 is 0 Å². The minimum Gasteiger partial charge on any atom is -0.497 e. The van der Waals surface area contributed by atoms with E-state index in [9.17, 15) is 18.0 Å². The SMILES string of the molecule is COc1cccc(NC(=O)CCS(=O)(=O)Nc2cccc(NC(C)=O)c2)c1. The van der Waals surface area contributed by atoms with E-state index in [-0.39, 0.29) is 18.1 Å². The lowest BCUT2D eigenvalue weighted by Crippen LogP contribution is -2.22. The second-order valence-corrected chi connectivity index (χ2v) is 7.55. The fourth-order valence-electron chi connectivity index (χ4n) is 2.25. The summed E-state index contributed by atoms with van der Waals surface area (Å²) in [5.41, 5.74) is 1.29. The molecule has 0 atom stereocenters. The molecule has 0 unspecified atom stereocenters. The molecule has 0 saturated carbocycles. The highest BCUT2D eigenvalue weighted by molar-refractivity contribution is 7.92. The quantitative estimate of drug-likeness (QED) is 0.639. The lowest BCUT2D eigenvalue weighted by Gasteiger charge is -2.10. The molecule has 0 radical (unpaired) electrons. The third kappa shape index (κ3) is 6.98. The summed E-state index contributed by atoms with van der Waals surface area (Å²) < 4.78 is 31.8. The standard InChI is InChI=1S/C18H21N3O5S/c1-13(22)19-14-5-3-7-16(11-14)21-27(24,25)10-9-18(23)20-15-6-4-8-17(12-15)26-2/h3-8,11-12,21H,9-10H2,1-2H3,(H,19,22)(H,20,23). The van der Waals surface area contributed by atoms with Gasteiger partial charge in [0.1, 0.15) is 5.75 Å². The van der Waals surface area contributed by atoms with Crippen LogP contribution in [-0.4, -0.2) is 33.1 Å². The van der Waals surface area contributed by atoms with E-state index in [4.69, 9.17) is 4.74 Å². The van der Waals surface area contributed by atoms with Crippen LogP contribution in [0.2, 0.25) is 0 Å². The number of nitrogens with one attached hydrogen (secondary N) is 3. The molecule has 8 nitrogen and oxygen atoms in total. The number of carbonyl (C=O) groups excluding carboxylic acids is 2. The Morgan fingerprint density at radius 3 is 2.26 bits per heavy atom. The highest BCUT2D eigenvalue weighted by Crippen LogP contribution is 2.18. The van der Waals surface area contributed by atoms with Gasteiger partial charge in [0, 0.05) is 30.8 Å². The topological polar surface area (TPSA) is 114 Å². The van der Waals surface area contributed by atoms with E-state index in [2.05, 4.69) is 15.4 Å². The van der Waals surface area contributed by atoms with Crippen LogP contribution in [0.15, 0.2) is 48.5 Å². The molecule has 0 fully saturated rings. The molecule has 0 saturated heterocycles. The maximum absolute atomic E-state index is 12.2. The van der Waals surface area contributed by atoms with E-state index >= 15 is 0 Å². The van der Waals surface area contributed by atoms with Crippen molar-refractivity contribution in [2.45, 2.75) is 13.3 Å². The lowest BCUT2D eigenvalue weighted by molar-refractivity contribution is -0.116. The van der Waals surface area contributed by atoms with Gasteiger partial charge in [0.2, 0.25) is 21.8 Å². The van der Waals surface area contributed by atoms with Crippen molar-refractivity contribution in [1.29, 1.82) is 0 Å². The van der Waals surface area contributed by atoms with E-state index in [0.717, 1.165) is 0 Å². The fraction of sp³-hybridized carbons (Fsp3) is 0.222. The molecule has 0 aromatic heterocycles. The second-order valence-electron chi connectivity index (χ2n) is 5.71. The van der Waals surface area contributed by atoms with E-state index in [1.165, 1.54) is 20.1 Å². The maximum atomic E-state index is 12.2. The molecule has 0 heterocycles. The Morgan fingerprint density at radius 2 is 1.59 bits per heavy atom. The monoisotopic (exact) mass is 391 g/mol. The number of amides is 2. The third-order valence-corrected chi connectivity index (χ3v) is 4.70. The summed E-state index contributed by atoms with van der Waals surface area (Å²) in [4.78, 5) is 23.1. The van der Waals surface area contributed by atoms with E-state index in [1.54, 1.807) is 42.5 Å². The van der Waals surface area contributed by atoms with Crippen LogP contribution in [0.1, 0.15) is 13.3 Å². The molecule has 2 rings (SSSR count). The van der Waals surface area contributed by atoms with Crippen molar-refractivity contribution in [1.82, 2.24) is 0 Å². The van der Waals surface area contributed by atoms with Gasteiger partial charge in [-0.3, -0.25) is 14.3 Å². The summed E-state index contributed by atoms with van der Waals surface area (Å²) in [5.74, 6) is -0.487. The third-order valence-electron chi connectivity index (χ3n) is 3.41. The van der Waals surface area contributed by atoms with Crippen molar-refractivity contribution in [3.63, 3.8) is 0 Å². The Hall–Kier alpha value is -3.07. The summed E-state index contributed by atoms with van der Waals surface area (Å²) in [6.45, 7) is 1.36. The molecule has 0 aliphatic carbocycles. The molecule has 0 bridgehead atoms. The van der Waals surface area contributed by atoms with Crippen molar-refractivity contribution in [3.05, 3.63) is 48.5 Å². The van der Waals surface area contributed by atoms with Gasteiger partial charge in [-0.05, 0) is 30.3 Å². The summed E-state index contributed by atoms with van der Waals surface area (Å²) in [6, 6.07) is 13.1. The number of hydrogen-bond acceptors (Lipinski definition) is 5. The average molecular weight is 391 g/mol. The summed E-state index contributed by atoms with van der Waals surface area (Å²) >= 11 is 0. The zero-order valence-electron chi connectivity index (χ0n) is 15.0. The summed E-state index contributed by atoms with van der Waals surface area (Å²) in [5, 5.41) is 5.19. The van der Waals surface area contributed by atoms with Gasteiger partial charge in [0.15, 0.2) is 0 Å². The molecule has 0 spiro atoms. The largest absolute Gasteiger partial charge is 0.497 e. The van der Waals surface area contributed by atoms with Gasteiger partial charge in [-0.1, -0.05) is 12.1 Å². The number of rotatable bonds is 8. The predicted molar refractivity (Wildman–Crippen MR) is 104 cm³/mol. The smallest absolute Gasteiger partial charge is 0.233 e. The van der Waals surface area contributed by atoms with Crippen LogP contribution in [0, 0.1) is 0 Å². The Kier molecular flexibility index (Phi) is 6.78. The van der Waals surface area contributed by atoms with Gasteiger partial charge < -0.3 is 15.4 Å². The van der Waals surface area contributed by atoms with Crippen LogP contribution in [0.4, 0.5) is 17.1 Å². The molecule has 2 aromatic rings. The number of sulfonamides is 1. The first kappa shape index (κ1) is 20.2. The number of ether oxygens (including phenoxy) is 1. The van der Waals surface area contributed by atoms with E-state index in [0.29, 0.717) is 22.8 Å². The first-order valence-electron chi connectivity index (χ1n) is 8.09. The molecule has 0 aliphatic heterocycles. The van der Waals surface area contributed by atoms with E-state index < -0.39 is 15.9 Å². The Morgan fingerprint density at radius 1 is 0.963 bits per heavy atom. The van der Waals surface area contributed by atoms with Gasteiger partial charge in [-0.15, -0.1) is 0 Å². The lowest BCUT2D eigenvalue weighted by atomic mass is 10.3. The Balaban J connectivity index is 1.92. The van der Waals surface area contributed by atoms with Crippen LogP contribution in [-0.2, 0) is 19.6 Å². The first-order chi connectivity index (χ1) is 12.8. The normalized spacial score (nSPS) is 10.7. The number of anilines is 3. The highest BCUT2D eigenvalue weighted by atomic mass is 32.2. The van der Waals surface area contributed by atoms with E-state index in [1.807, 2.05) is 0 Å². The fourth-order valence-corrected chi connectivity index (χ4v) is 3.29. The second kappa shape index (κ2) is 9.04. The van der Waals surface area contributed by atoms with Crippen LogP contribution in [0.25, 0.3) is 0 Å². The summed E-state index contributed by atoms with van der Waals surface area (Å²) in [7, 11) is -2.21.